The Morgan fingerprint density at radius 3 is 2.94 bits per heavy atom. The number of carbonyl (C=O) groups is 1. The minimum atomic E-state index is -1.03. The van der Waals surface area contributed by atoms with Crippen LogP contribution in [0.15, 0.2) is 36.5 Å². The van der Waals surface area contributed by atoms with Gasteiger partial charge in [-0.2, -0.15) is 9.61 Å². The molecular weight excluding hydrogens is 232 g/mol. The quantitative estimate of drug-likeness (QED) is 0.684. The zero-order valence-electron chi connectivity index (χ0n) is 9.19. The number of benzene rings is 1. The lowest BCUT2D eigenvalue weighted by Crippen LogP contribution is -1.95. The smallest absolute Gasteiger partial charge is 0.328 e. The molecule has 0 aliphatic heterocycles. The lowest BCUT2D eigenvalue weighted by atomic mass is 10.2. The molecule has 0 atom stereocenters. The molecule has 1 aromatic carbocycles. The number of rotatable bonds is 2. The first-order chi connectivity index (χ1) is 8.75. The Bertz CT molecular complexity index is 776. The molecule has 0 aliphatic rings. The molecule has 6 nitrogen and oxygen atoms in total. The Balaban J connectivity index is 2.26. The van der Waals surface area contributed by atoms with Gasteiger partial charge < -0.3 is 5.11 Å². The molecule has 0 unspecified atom stereocenters. The monoisotopic (exact) mass is 240 g/mol. The maximum absolute atomic E-state index is 10.5. The molecule has 0 saturated heterocycles. The van der Waals surface area contributed by atoms with Crippen LogP contribution in [-0.4, -0.2) is 30.9 Å². The number of aromatic nitrogens is 4. The minimum absolute atomic E-state index is 0.387. The van der Waals surface area contributed by atoms with Crippen LogP contribution in [0.5, 0.6) is 0 Å². The van der Waals surface area contributed by atoms with E-state index in [0.29, 0.717) is 11.5 Å². The number of nitrogens with zero attached hydrogens (tertiary/aromatic N) is 4. The number of aliphatic carboxylic acids is 1. The van der Waals surface area contributed by atoms with Gasteiger partial charge in [0, 0.05) is 16.8 Å². The van der Waals surface area contributed by atoms with E-state index in [9.17, 15) is 4.79 Å². The van der Waals surface area contributed by atoms with Crippen molar-refractivity contribution in [2.75, 3.05) is 0 Å². The highest BCUT2D eigenvalue weighted by Gasteiger charge is 2.07. The standard InChI is InChI=1S/C12H8N4O2/c17-11(18)6-5-10-14-15-12-9-4-2-1-3-8(9)7-13-16(10)12/h1-7H,(H,17,18)/b6-5+. The van der Waals surface area contributed by atoms with E-state index in [-0.39, 0.29) is 0 Å². The van der Waals surface area contributed by atoms with Gasteiger partial charge in [-0.3, -0.25) is 0 Å². The highest BCUT2D eigenvalue weighted by atomic mass is 16.4. The first-order valence-electron chi connectivity index (χ1n) is 5.26. The van der Waals surface area contributed by atoms with Crippen molar-refractivity contribution in [3.63, 3.8) is 0 Å². The summed E-state index contributed by atoms with van der Waals surface area (Å²) in [6.07, 6.45) is 4.07. The van der Waals surface area contributed by atoms with Gasteiger partial charge in [0.15, 0.2) is 11.5 Å². The molecule has 0 saturated carbocycles. The van der Waals surface area contributed by atoms with E-state index in [0.717, 1.165) is 16.8 Å². The Labute approximate surface area is 101 Å². The van der Waals surface area contributed by atoms with Crippen LogP contribution in [0.3, 0.4) is 0 Å². The second-order valence-electron chi connectivity index (χ2n) is 3.70. The number of hydrogen-bond donors (Lipinski definition) is 1. The van der Waals surface area contributed by atoms with Crippen molar-refractivity contribution in [2.45, 2.75) is 0 Å². The summed E-state index contributed by atoms with van der Waals surface area (Å²) >= 11 is 0. The Morgan fingerprint density at radius 1 is 1.28 bits per heavy atom. The third kappa shape index (κ3) is 1.60. The molecule has 88 valence electrons. The summed E-state index contributed by atoms with van der Waals surface area (Å²) in [4.78, 5) is 10.5. The van der Waals surface area contributed by atoms with Crippen molar-refractivity contribution in [1.29, 1.82) is 0 Å². The second-order valence-corrected chi connectivity index (χ2v) is 3.70. The fraction of sp³-hybridized carbons (Fsp3) is 0. The van der Waals surface area contributed by atoms with Gasteiger partial charge in [-0.25, -0.2) is 4.79 Å². The molecule has 2 aromatic heterocycles. The van der Waals surface area contributed by atoms with Gasteiger partial charge in [0.1, 0.15) is 0 Å². The van der Waals surface area contributed by atoms with Crippen LogP contribution < -0.4 is 0 Å². The van der Waals surface area contributed by atoms with Gasteiger partial charge in [-0.05, 0) is 6.08 Å². The lowest BCUT2D eigenvalue weighted by molar-refractivity contribution is -0.131. The van der Waals surface area contributed by atoms with E-state index in [4.69, 9.17) is 5.11 Å². The summed E-state index contributed by atoms with van der Waals surface area (Å²) in [5.41, 5.74) is 0.609. The van der Waals surface area contributed by atoms with Crippen LogP contribution in [0.25, 0.3) is 22.5 Å². The van der Waals surface area contributed by atoms with Gasteiger partial charge >= 0.3 is 5.97 Å². The van der Waals surface area contributed by atoms with Crippen LogP contribution in [0.2, 0.25) is 0 Å². The number of carboxylic acid groups (broad SMARTS) is 1. The van der Waals surface area contributed by atoms with Crippen LogP contribution in [0.1, 0.15) is 5.82 Å². The van der Waals surface area contributed by atoms with Gasteiger partial charge in [0.05, 0.1) is 6.20 Å². The highest BCUT2D eigenvalue weighted by molar-refractivity contribution is 5.93. The molecule has 0 fully saturated rings. The predicted molar refractivity (Wildman–Crippen MR) is 65.0 cm³/mol. The van der Waals surface area contributed by atoms with Crippen molar-refractivity contribution < 1.29 is 9.90 Å². The molecule has 0 aliphatic carbocycles. The molecule has 0 spiro atoms. The highest BCUT2D eigenvalue weighted by Crippen LogP contribution is 2.17. The van der Waals surface area contributed by atoms with Crippen molar-refractivity contribution in [3.05, 3.63) is 42.4 Å². The van der Waals surface area contributed by atoms with E-state index in [1.807, 2.05) is 24.3 Å². The SMILES string of the molecule is O=C(O)/C=C/c1nnc2c3ccccc3cnn12. The van der Waals surface area contributed by atoms with Crippen LogP contribution in [-0.2, 0) is 4.79 Å². The van der Waals surface area contributed by atoms with E-state index >= 15 is 0 Å². The molecule has 18 heavy (non-hydrogen) atoms. The van der Waals surface area contributed by atoms with Gasteiger partial charge in [0.2, 0.25) is 0 Å². The molecule has 0 amide bonds. The zero-order valence-corrected chi connectivity index (χ0v) is 9.19. The molecule has 2 heterocycles. The fourth-order valence-corrected chi connectivity index (χ4v) is 1.76. The molecule has 3 aromatic rings. The van der Waals surface area contributed by atoms with Crippen molar-refractivity contribution in [2.24, 2.45) is 0 Å². The largest absolute Gasteiger partial charge is 0.478 e. The Morgan fingerprint density at radius 2 is 2.11 bits per heavy atom. The van der Waals surface area contributed by atoms with E-state index < -0.39 is 5.97 Å². The third-order valence-corrected chi connectivity index (χ3v) is 2.55. The van der Waals surface area contributed by atoms with Crippen LogP contribution in [0.4, 0.5) is 0 Å². The lowest BCUT2D eigenvalue weighted by Gasteiger charge is -1.98. The summed E-state index contributed by atoms with van der Waals surface area (Å²) in [7, 11) is 0. The van der Waals surface area contributed by atoms with Crippen molar-refractivity contribution >= 4 is 28.5 Å². The summed E-state index contributed by atoms with van der Waals surface area (Å²) in [5, 5.41) is 22.6. The number of fused-ring (bicyclic) bond motifs is 3. The average Bonchev–Trinajstić information content (AvgIpc) is 2.80. The second kappa shape index (κ2) is 3.92. The van der Waals surface area contributed by atoms with Crippen molar-refractivity contribution in [1.82, 2.24) is 19.8 Å². The van der Waals surface area contributed by atoms with E-state index in [1.54, 1.807) is 6.20 Å². The summed E-state index contributed by atoms with van der Waals surface area (Å²) in [5.74, 6) is -0.648. The Kier molecular flexibility index (Phi) is 2.26. The minimum Gasteiger partial charge on any atom is -0.478 e. The summed E-state index contributed by atoms with van der Waals surface area (Å²) in [6.45, 7) is 0. The molecular formula is C12H8N4O2. The summed E-state index contributed by atoms with van der Waals surface area (Å²) < 4.78 is 1.52. The van der Waals surface area contributed by atoms with Crippen LogP contribution in [0, 0.1) is 0 Å². The Hall–Kier alpha value is -2.76. The molecule has 0 radical (unpaired) electrons. The number of hydrogen-bond acceptors (Lipinski definition) is 4. The normalized spacial score (nSPS) is 11.6. The summed E-state index contributed by atoms with van der Waals surface area (Å²) in [6, 6.07) is 7.68. The molecule has 6 heteroatoms. The first kappa shape index (κ1) is 10.4. The molecule has 3 rings (SSSR count). The van der Waals surface area contributed by atoms with Gasteiger partial charge in [0.25, 0.3) is 0 Å². The maximum atomic E-state index is 10.5. The van der Waals surface area contributed by atoms with Crippen molar-refractivity contribution in [3.8, 4) is 0 Å². The first-order valence-corrected chi connectivity index (χ1v) is 5.26. The molecule has 1 N–H and O–H groups in total. The predicted octanol–water partition coefficient (Wildman–Crippen LogP) is 1.38. The topological polar surface area (TPSA) is 80.4 Å². The van der Waals surface area contributed by atoms with Crippen LogP contribution >= 0.6 is 0 Å². The zero-order chi connectivity index (χ0) is 12.5. The fourth-order valence-electron chi connectivity index (χ4n) is 1.76. The average molecular weight is 240 g/mol. The third-order valence-electron chi connectivity index (χ3n) is 2.55. The number of carboxylic acids is 1. The maximum Gasteiger partial charge on any atom is 0.328 e. The molecule has 0 bridgehead atoms. The van der Waals surface area contributed by atoms with Gasteiger partial charge in [-0.15, -0.1) is 10.2 Å². The van der Waals surface area contributed by atoms with E-state index in [1.165, 1.54) is 10.6 Å². The van der Waals surface area contributed by atoms with Gasteiger partial charge in [-0.1, -0.05) is 24.3 Å². The van der Waals surface area contributed by atoms with E-state index in [2.05, 4.69) is 15.3 Å².